The molecule has 2 fully saturated rings. The van der Waals surface area contributed by atoms with Crippen LogP contribution in [0, 0.1) is 5.92 Å². The first-order valence-corrected chi connectivity index (χ1v) is 9.08. The van der Waals surface area contributed by atoms with E-state index in [-0.39, 0.29) is 17.6 Å². The normalized spacial score (nSPS) is 40.0. The number of esters is 2. The molecule has 0 bridgehead atoms. The Labute approximate surface area is 162 Å². The molecule has 6 atom stereocenters. The van der Waals surface area contributed by atoms with E-state index in [1.807, 2.05) is 0 Å². The molecule has 8 heteroatoms. The zero-order valence-electron chi connectivity index (χ0n) is 16.0. The van der Waals surface area contributed by atoms with Crippen LogP contribution in [-0.4, -0.2) is 64.6 Å². The Kier molecular flexibility index (Phi) is 5.31. The lowest BCUT2D eigenvalue weighted by Gasteiger charge is -2.32. The van der Waals surface area contributed by atoms with Crippen molar-refractivity contribution in [1.82, 2.24) is 0 Å². The van der Waals surface area contributed by atoms with Crippen LogP contribution in [0.4, 0.5) is 0 Å². The number of allylic oxidation sites excluding steroid dienone is 1. The quantitative estimate of drug-likeness (QED) is 0.401. The third-order valence-electron chi connectivity index (χ3n) is 5.51. The minimum absolute atomic E-state index is 0.0115. The summed E-state index contributed by atoms with van der Waals surface area (Å²) in [7, 11) is 0. The minimum Gasteiger partial charge on any atom is -0.458 e. The molecule has 1 aliphatic carbocycles. The van der Waals surface area contributed by atoms with Crippen molar-refractivity contribution >= 4 is 17.7 Å². The van der Waals surface area contributed by atoms with Crippen LogP contribution in [-0.2, 0) is 28.6 Å². The number of Topliss-reactive ketones (excluding diaryl/α,β-unsaturated/α-hetero) is 1. The lowest BCUT2D eigenvalue weighted by molar-refractivity contribution is -0.151. The van der Waals surface area contributed by atoms with Crippen molar-refractivity contribution < 1.29 is 38.8 Å². The molecule has 0 saturated carbocycles. The predicted molar refractivity (Wildman–Crippen MR) is 95.9 cm³/mol. The zero-order valence-corrected chi connectivity index (χ0v) is 16.0. The van der Waals surface area contributed by atoms with Crippen molar-refractivity contribution in [2.24, 2.45) is 5.92 Å². The maximum absolute atomic E-state index is 12.5. The Balaban J connectivity index is 2.05. The maximum atomic E-state index is 12.5. The number of ketones is 1. The van der Waals surface area contributed by atoms with Gasteiger partial charge in [0.05, 0.1) is 18.1 Å². The summed E-state index contributed by atoms with van der Waals surface area (Å²) in [5.74, 6) is -2.56. The third-order valence-corrected chi connectivity index (χ3v) is 5.51. The summed E-state index contributed by atoms with van der Waals surface area (Å²) in [6, 6.07) is 0. The van der Waals surface area contributed by atoms with Gasteiger partial charge in [0, 0.05) is 23.1 Å². The van der Waals surface area contributed by atoms with Crippen molar-refractivity contribution in [3.63, 3.8) is 0 Å². The van der Waals surface area contributed by atoms with Gasteiger partial charge in [-0.05, 0) is 26.8 Å². The monoisotopic (exact) mass is 392 g/mol. The molecule has 2 aliphatic heterocycles. The van der Waals surface area contributed by atoms with Gasteiger partial charge in [-0.3, -0.25) is 4.79 Å². The van der Waals surface area contributed by atoms with Crippen LogP contribution in [0.5, 0.6) is 0 Å². The summed E-state index contributed by atoms with van der Waals surface area (Å²) < 4.78 is 16.3. The molecule has 0 spiro atoms. The van der Waals surface area contributed by atoms with Gasteiger partial charge < -0.3 is 24.4 Å². The molecule has 2 saturated heterocycles. The molecule has 0 amide bonds. The molecule has 2 heterocycles. The molecule has 0 aromatic carbocycles. The Morgan fingerprint density at radius 2 is 2.14 bits per heavy atom. The minimum atomic E-state index is -1.51. The molecular formula is C20H24O8. The Morgan fingerprint density at radius 3 is 2.75 bits per heavy atom. The maximum Gasteiger partial charge on any atom is 0.334 e. The average molecular weight is 392 g/mol. The molecule has 2 N–H and O–H groups in total. The van der Waals surface area contributed by atoms with Crippen LogP contribution in [0.1, 0.15) is 27.2 Å². The van der Waals surface area contributed by atoms with Crippen LogP contribution in [0.25, 0.3) is 0 Å². The second-order valence-corrected chi connectivity index (χ2v) is 7.59. The van der Waals surface area contributed by atoms with Gasteiger partial charge in [-0.2, -0.15) is 0 Å². The topological polar surface area (TPSA) is 123 Å². The van der Waals surface area contributed by atoms with E-state index in [0.29, 0.717) is 5.57 Å². The van der Waals surface area contributed by atoms with Gasteiger partial charge in [-0.1, -0.05) is 12.7 Å². The fourth-order valence-corrected chi connectivity index (χ4v) is 3.67. The Morgan fingerprint density at radius 1 is 1.46 bits per heavy atom. The number of epoxide rings is 1. The van der Waals surface area contributed by atoms with Gasteiger partial charge in [0.25, 0.3) is 0 Å². The van der Waals surface area contributed by atoms with Gasteiger partial charge in [0.15, 0.2) is 5.78 Å². The number of aliphatic hydroxyl groups excluding tert-OH is 1. The molecule has 0 radical (unpaired) electrons. The Hall–Kier alpha value is -2.29. The first-order chi connectivity index (χ1) is 13.1. The molecule has 28 heavy (non-hydrogen) atoms. The number of rotatable bonds is 3. The second-order valence-electron chi connectivity index (χ2n) is 7.59. The molecule has 3 rings (SSSR count). The predicted octanol–water partition coefficient (Wildman–Crippen LogP) is 0.372. The van der Waals surface area contributed by atoms with Crippen molar-refractivity contribution in [2.45, 2.75) is 57.2 Å². The first kappa shape index (κ1) is 20.4. The van der Waals surface area contributed by atoms with Crippen molar-refractivity contribution in [2.75, 3.05) is 6.61 Å². The third kappa shape index (κ3) is 3.55. The standard InChI is InChI=1S/C20H24O8/c1-5-9(2)18(23)27-13-7-20(4,25)17-16(28-17)15(22)11(8-21)6-12-14(13)10(3)19(24)26-12/h5-6,12-14,16-17,21,25H,3,7-8H2,1-2,4H3/b9-5-,11-6-/t12-,13+,14-,16-,17-,20+/m0/s1. The van der Waals surface area contributed by atoms with Crippen LogP contribution in [0.2, 0.25) is 0 Å². The summed E-state index contributed by atoms with van der Waals surface area (Å²) in [4.78, 5) is 37.1. The molecular weight excluding hydrogens is 368 g/mol. The highest BCUT2D eigenvalue weighted by Gasteiger charge is 2.59. The van der Waals surface area contributed by atoms with Gasteiger partial charge in [0.1, 0.15) is 24.4 Å². The lowest BCUT2D eigenvalue weighted by atomic mass is 9.80. The molecule has 152 valence electrons. The molecule has 8 nitrogen and oxygen atoms in total. The lowest BCUT2D eigenvalue weighted by Crippen LogP contribution is -2.44. The van der Waals surface area contributed by atoms with Crippen LogP contribution in [0.15, 0.2) is 35.5 Å². The summed E-state index contributed by atoms with van der Waals surface area (Å²) in [5, 5.41) is 20.5. The number of carbonyl (C=O) groups is 3. The van der Waals surface area contributed by atoms with Crippen LogP contribution in [0.3, 0.4) is 0 Å². The zero-order chi connectivity index (χ0) is 20.8. The van der Waals surface area contributed by atoms with Crippen LogP contribution >= 0.6 is 0 Å². The van der Waals surface area contributed by atoms with Gasteiger partial charge in [-0.25, -0.2) is 9.59 Å². The summed E-state index contributed by atoms with van der Waals surface area (Å²) >= 11 is 0. The number of aliphatic hydroxyl groups is 2. The average Bonchev–Trinajstić information content (AvgIpc) is 3.40. The molecule has 0 aromatic rings. The first-order valence-electron chi connectivity index (χ1n) is 9.08. The molecule has 3 aliphatic rings. The highest BCUT2D eigenvalue weighted by molar-refractivity contribution is 6.01. The number of carbonyl (C=O) groups excluding carboxylic acids is 3. The number of hydrogen-bond donors (Lipinski definition) is 2. The van der Waals surface area contributed by atoms with E-state index < -0.39 is 60.3 Å². The van der Waals surface area contributed by atoms with E-state index in [1.54, 1.807) is 19.9 Å². The van der Waals surface area contributed by atoms with Crippen LogP contribution < -0.4 is 0 Å². The number of fused-ring (bicyclic) bond motifs is 2. The Bertz CT molecular complexity index is 790. The largest absolute Gasteiger partial charge is 0.458 e. The fourth-order valence-electron chi connectivity index (χ4n) is 3.67. The van der Waals surface area contributed by atoms with Gasteiger partial charge >= 0.3 is 11.9 Å². The van der Waals surface area contributed by atoms with Gasteiger partial charge in [0.2, 0.25) is 0 Å². The smallest absolute Gasteiger partial charge is 0.334 e. The van der Waals surface area contributed by atoms with Crippen molar-refractivity contribution in [1.29, 1.82) is 0 Å². The molecule has 0 aromatic heterocycles. The summed E-state index contributed by atoms with van der Waals surface area (Å²) in [5.41, 5.74) is -1.06. The van der Waals surface area contributed by atoms with E-state index >= 15 is 0 Å². The van der Waals surface area contributed by atoms with E-state index in [9.17, 15) is 24.6 Å². The highest BCUT2D eigenvalue weighted by atomic mass is 16.6. The number of ether oxygens (including phenoxy) is 3. The fraction of sp³-hybridized carbons (Fsp3) is 0.550. The van der Waals surface area contributed by atoms with Crippen molar-refractivity contribution in [3.8, 4) is 0 Å². The highest BCUT2D eigenvalue weighted by Crippen LogP contribution is 2.43. The SMILES string of the molecule is C=C1C(=O)O[C@H]2/C=C(/CO)C(=O)[C@@H]3O[C@@H]3[C@](C)(O)C[C@@H](OC(=O)/C(C)=C\C)[C@@H]12. The number of hydrogen-bond acceptors (Lipinski definition) is 8. The second kappa shape index (κ2) is 7.27. The molecule has 0 unspecified atom stereocenters. The van der Waals surface area contributed by atoms with E-state index in [1.165, 1.54) is 13.0 Å². The van der Waals surface area contributed by atoms with E-state index in [4.69, 9.17) is 14.2 Å². The van der Waals surface area contributed by atoms with Gasteiger partial charge in [-0.15, -0.1) is 0 Å². The summed E-state index contributed by atoms with van der Waals surface area (Å²) in [6.45, 7) is 7.92. The summed E-state index contributed by atoms with van der Waals surface area (Å²) in [6.07, 6.45) is -0.752. The van der Waals surface area contributed by atoms with Crippen molar-refractivity contribution in [3.05, 3.63) is 35.5 Å². The van der Waals surface area contributed by atoms with E-state index in [2.05, 4.69) is 6.58 Å². The van der Waals surface area contributed by atoms with E-state index in [0.717, 1.165) is 0 Å².